The standard InChI is InChI=1S/C36H59N3O8SSi/c1-36(2)46-27-31-24-30(16-17-34(31)47-36)33(40)25-37-18-9-6-7-10-19-44-20-11-8-13-29-14-12-15-32(23-29)48(42,43)39-35(41)26-38-28-45-21-22-49(3,4)5/h12,14-17,23-24,33,37-38,40H,6-11,13,18-22,25-28H2,1-5H3,(H,39,41)/t33-/m0/s1. The molecule has 3 rings (SSSR count). The van der Waals surface area contributed by atoms with Crippen LogP contribution in [0.1, 0.15) is 75.2 Å². The second-order valence-corrected chi connectivity index (χ2v) is 21.6. The minimum atomic E-state index is -3.95. The zero-order valence-electron chi connectivity index (χ0n) is 30.1. The summed E-state index contributed by atoms with van der Waals surface area (Å²) in [7, 11) is -5.13. The Hall–Kier alpha value is -2.36. The number of unbranched alkanes of at least 4 members (excludes halogenated alkanes) is 4. The van der Waals surface area contributed by atoms with E-state index in [-0.39, 0.29) is 18.2 Å². The summed E-state index contributed by atoms with van der Waals surface area (Å²) in [6.45, 7) is 14.5. The van der Waals surface area contributed by atoms with Crippen molar-refractivity contribution < 1.29 is 37.3 Å². The number of hydrogen-bond acceptors (Lipinski definition) is 10. The Labute approximate surface area is 294 Å². The van der Waals surface area contributed by atoms with E-state index in [2.05, 4.69) is 35.0 Å². The highest BCUT2D eigenvalue weighted by Gasteiger charge is 2.27. The Morgan fingerprint density at radius 3 is 2.49 bits per heavy atom. The Morgan fingerprint density at radius 2 is 1.71 bits per heavy atom. The van der Waals surface area contributed by atoms with Gasteiger partial charge in [0.25, 0.3) is 10.0 Å². The van der Waals surface area contributed by atoms with Crippen LogP contribution in [0.15, 0.2) is 47.4 Å². The third-order valence-electron chi connectivity index (χ3n) is 8.08. The SMILES string of the molecule is CC1(C)OCc2cc([C@@H](O)CNCCCCCCOCCCCc3cccc(S(=O)(=O)NC(=O)CNCOCC[Si](C)(C)C)c3)ccc2O1. The lowest BCUT2D eigenvalue weighted by atomic mass is 10.0. The summed E-state index contributed by atoms with van der Waals surface area (Å²) < 4.78 is 50.4. The molecule has 0 bridgehead atoms. The molecule has 1 atom stereocenters. The molecule has 0 aromatic heterocycles. The third-order valence-corrected chi connectivity index (χ3v) is 11.2. The van der Waals surface area contributed by atoms with Gasteiger partial charge in [-0.25, -0.2) is 13.1 Å². The lowest BCUT2D eigenvalue weighted by molar-refractivity contribution is -0.180. The van der Waals surface area contributed by atoms with Gasteiger partial charge in [0.05, 0.1) is 30.9 Å². The zero-order valence-corrected chi connectivity index (χ0v) is 32.0. The van der Waals surface area contributed by atoms with Crippen LogP contribution in [0.25, 0.3) is 0 Å². The maximum Gasteiger partial charge on any atom is 0.264 e. The normalized spacial score (nSPS) is 15.0. The summed E-state index contributed by atoms with van der Waals surface area (Å²) in [6, 6.07) is 13.5. The second-order valence-electron chi connectivity index (χ2n) is 14.3. The first kappa shape index (κ1) is 41.1. The van der Waals surface area contributed by atoms with Crippen LogP contribution in [0.3, 0.4) is 0 Å². The minimum absolute atomic E-state index is 0.0807. The fraction of sp³-hybridized carbons (Fsp3) is 0.639. The second kappa shape index (κ2) is 20.5. The Bertz CT molecular complexity index is 1400. The van der Waals surface area contributed by atoms with Crippen LogP contribution in [0.5, 0.6) is 5.75 Å². The van der Waals surface area contributed by atoms with E-state index in [1.54, 1.807) is 12.1 Å². The number of nitrogens with one attached hydrogen (secondary N) is 3. The maximum atomic E-state index is 12.7. The van der Waals surface area contributed by atoms with Gasteiger partial charge in [0, 0.05) is 53.9 Å². The molecule has 0 saturated carbocycles. The molecule has 276 valence electrons. The van der Waals surface area contributed by atoms with Gasteiger partial charge >= 0.3 is 0 Å². The molecule has 1 heterocycles. The summed E-state index contributed by atoms with van der Waals surface area (Å²) in [5, 5.41) is 16.8. The third kappa shape index (κ3) is 16.5. The van der Waals surface area contributed by atoms with E-state index in [0.29, 0.717) is 26.4 Å². The molecule has 13 heteroatoms. The van der Waals surface area contributed by atoms with E-state index >= 15 is 0 Å². The molecule has 1 amide bonds. The maximum absolute atomic E-state index is 12.7. The summed E-state index contributed by atoms with van der Waals surface area (Å²) in [6.07, 6.45) is 6.13. The molecule has 0 aliphatic carbocycles. The molecule has 0 spiro atoms. The van der Waals surface area contributed by atoms with E-state index in [0.717, 1.165) is 86.6 Å². The molecule has 11 nitrogen and oxygen atoms in total. The van der Waals surface area contributed by atoms with Crippen LogP contribution in [-0.2, 0) is 42.1 Å². The lowest BCUT2D eigenvalue weighted by Crippen LogP contribution is -2.38. The molecule has 1 aliphatic heterocycles. The van der Waals surface area contributed by atoms with Crippen LogP contribution in [0.4, 0.5) is 0 Å². The number of carbonyl (C=O) groups is 1. The Kier molecular flexibility index (Phi) is 17.2. The van der Waals surface area contributed by atoms with Crippen LogP contribution >= 0.6 is 0 Å². The highest BCUT2D eigenvalue weighted by Crippen LogP contribution is 2.32. The molecule has 0 saturated heterocycles. The van der Waals surface area contributed by atoms with Crippen molar-refractivity contribution in [2.75, 3.05) is 46.2 Å². The number of hydrogen-bond donors (Lipinski definition) is 4. The van der Waals surface area contributed by atoms with Gasteiger partial charge in [-0.2, -0.15) is 0 Å². The first-order chi connectivity index (χ1) is 23.2. The monoisotopic (exact) mass is 721 g/mol. The highest BCUT2D eigenvalue weighted by molar-refractivity contribution is 7.90. The summed E-state index contributed by atoms with van der Waals surface area (Å²) in [5.74, 6) is -0.443. The Balaban J connectivity index is 1.18. The number of amides is 1. The number of benzene rings is 2. The van der Waals surface area contributed by atoms with Gasteiger partial charge in [0.1, 0.15) is 5.75 Å². The average molecular weight is 722 g/mol. The molecule has 0 radical (unpaired) electrons. The average Bonchev–Trinajstić information content (AvgIpc) is 3.03. The molecule has 2 aromatic carbocycles. The van der Waals surface area contributed by atoms with E-state index in [4.69, 9.17) is 18.9 Å². The smallest absolute Gasteiger partial charge is 0.264 e. The van der Waals surface area contributed by atoms with Crippen molar-refractivity contribution in [1.29, 1.82) is 0 Å². The number of carbonyl (C=O) groups excluding carboxylic acids is 1. The van der Waals surface area contributed by atoms with Gasteiger partial charge in [0.2, 0.25) is 11.7 Å². The number of sulfonamides is 1. The Morgan fingerprint density at radius 1 is 0.959 bits per heavy atom. The summed E-state index contributed by atoms with van der Waals surface area (Å²) in [5.41, 5.74) is 2.72. The van der Waals surface area contributed by atoms with Gasteiger partial charge in [-0.05, 0) is 80.1 Å². The van der Waals surface area contributed by atoms with E-state index in [1.807, 2.05) is 38.1 Å². The molecule has 0 fully saturated rings. The van der Waals surface area contributed by atoms with Crippen molar-refractivity contribution >= 4 is 24.0 Å². The topological polar surface area (TPSA) is 144 Å². The van der Waals surface area contributed by atoms with Crippen molar-refractivity contribution in [3.05, 3.63) is 59.2 Å². The lowest BCUT2D eigenvalue weighted by Gasteiger charge is -2.33. The molecular formula is C36H59N3O8SSi. The van der Waals surface area contributed by atoms with E-state index in [1.165, 1.54) is 6.07 Å². The van der Waals surface area contributed by atoms with Gasteiger partial charge in [-0.3, -0.25) is 10.1 Å². The fourth-order valence-electron chi connectivity index (χ4n) is 5.16. The molecule has 2 aromatic rings. The van der Waals surface area contributed by atoms with Crippen LogP contribution in [0, 0.1) is 0 Å². The van der Waals surface area contributed by atoms with Crippen LogP contribution in [-0.4, -0.2) is 79.5 Å². The quantitative estimate of drug-likeness (QED) is 0.0644. The zero-order chi connectivity index (χ0) is 35.8. The predicted octanol–water partition coefficient (Wildman–Crippen LogP) is 5.26. The largest absolute Gasteiger partial charge is 0.463 e. The highest BCUT2D eigenvalue weighted by atomic mass is 32.2. The van der Waals surface area contributed by atoms with Gasteiger partial charge in [0.15, 0.2) is 0 Å². The number of fused-ring (bicyclic) bond motifs is 1. The summed E-state index contributed by atoms with van der Waals surface area (Å²) >= 11 is 0. The summed E-state index contributed by atoms with van der Waals surface area (Å²) in [4.78, 5) is 12.3. The first-order valence-corrected chi connectivity index (χ1v) is 22.8. The number of rotatable bonds is 24. The van der Waals surface area contributed by atoms with Gasteiger partial charge < -0.3 is 29.4 Å². The number of ether oxygens (including phenoxy) is 4. The van der Waals surface area contributed by atoms with Crippen LogP contribution < -0.4 is 20.1 Å². The van der Waals surface area contributed by atoms with Crippen molar-refractivity contribution in [2.45, 2.75) is 108 Å². The van der Waals surface area contributed by atoms with Crippen molar-refractivity contribution in [2.24, 2.45) is 0 Å². The van der Waals surface area contributed by atoms with Gasteiger partial charge in [-0.15, -0.1) is 0 Å². The van der Waals surface area contributed by atoms with Crippen molar-refractivity contribution in [3.63, 3.8) is 0 Å². The van der Waals surface area contributed by atoms with E-state index in [9.17, 15) is 18.3 Å². The molecule has 49 heavy (non-hydrogen) atoms. The van der Waals surface area contributed by atoms with Gasteiger partial charge in [-0.1, -0.05) is 50.7 Å². The molecule has 4 N–H and O–H groups in total. The van der Waals surface area contributed by atoms with Crippen molar-refractivity contribution in [1.82, 2.24) is 15.4 Å². The van der Waals surface area contributed by atoms with Crippen LogP contribution in [0.2, 0.25) is 25.7 Å². The van der Waals surface area contributed by atoms with E-state index < -0.39 is 35.9 Å². The predicted molar refractivity (Wildman–Crippen MR) is 195 cm³/mol. The minimum Gasteiger partial charge on any atom is -0.463 e. The first-order valence-electron chi connectivity index (χ1n) is 17.6. The molecule has 1 aliphatic rings. The molecular weight excluding hydrogens is 663 g/mol. The van der Waals surface area contributed by atoms with Crippen molar-refractivity contribution in [3.8, 4) is 5.75 Å². The molecule has 0 unspecified atom stereocenters. The number of aryl methyl sites for hydroxylation is 1. The number of aliphatic hydroxyl groups excluding tert-OH is 1. The number of aliphatic hydroxyl groups is 1. The fourth-order valence-corrected chi connectivity index (χ4v) is 6.98.